The van der Waals surface area contributed by atoms with E-state index in [0.29, 0.717) is 5.92 Å². The van der Waals surface area contributed by atoms with Crippen LogP contribution in [-0.4, -0.2) is 17.5 Å². The van der Waals surface area contributed by atoms with E-state index in [-0.39, 0.29) is 17.5 Å². The Kier molecular flexibility index (Phi) is 3.54. The van der Waals surface area contributed by atoms with Crippen LogP contribution in [0, 0.1) is 0 Å². The molecule has 0 fully saturated rings. The zero-order valence-corrected chi connectivity index (χ0v) is 12.1. The molecule has 0 radical (unpaired) electrons. The highest BCUT2D eigenvalue weighted by molar-refractivity contribution is 5.85. The summed E-state index contributed by atoms with van der Waals surface area (Å²) in [6, 6.07) is 8.03. The van der Waals surface area contributed by atoms with Crippen LogP contribution in [0.2, 0.25) is 0 Å². The van der Waals surface area contributed by atoms with Crippen molar-refractivity contribution in [1.82, 2.24) is 5.43 Å². The molecule has 4 heteroatoms. The van der Waals surface area contributed by atoms with Gasteiger partial charge in [0.1, 0.15) is 6.04 Å². The van der Waals surface area contributed by atoms with Gasteiger partial charge in [-0.05, 0) is 44.7 Å². The normalized spacial score (nSPS) is 22.6. The summed E-state index contributed by atoms with van der Waals surface area (Å²) < 4.78 is 0. The number of nitrogens with one attached hydrogen (secondary N) is 1. The number of hydrazine groups is 1. The second-order valence-corrected chi connectivity index (χ2v) is 6.03. The molecule has 104 valence electrons. The summed E-state index contributed by atoms with van der Waals surface area (Å²) in [4.78, 5) is 14.1. The first kappa shape index (κ1) is 13.9. The molecule has 1 aromatic carbocycles. The van der Waals surface area contributed by atoms with Gasteiger partial charge in [-0.3, -0.25) is 10.2 Å². The van der Waals surface area contributed by atoms with E-state index in [2.05, 4.69) is 49.3 Å². The lowest BCUT2D eigenvalue weighted by molar-refractivity contribution is -0.122. The van der Waals surface area contributed by atoms with Crippen LogP contribution in [0.15, 0.2) is 24.3 Å². The van der Waals surface area contributed by atoms with Gasteiger partial charge in [-0.2, -0.15) is 0 Å². The van der Waals surface area contributed by atoms with Crippen molar-refractivity contribution in [3.8, 4) is 0 Å². The Balaban J connectivity index is 2.50. The summed E-state index contributed by atoms with van der Waals surface area (Å²) in [5.74, 6) is 5.63. The molecular weight excluding hydrogens is 238 g/mol. The number of hydrogen-bond acceptors (Lipinski definition) is 3. The number of carbonyl (C=O) groups is 1. The van der Waals surface area contributed by atoms with Gasteiger partial charge in [-0.15, -0.1) is 0 Å². The molecule has 19 heavy (non-hydrogen) atoms. The molecule has 0 aromatic heterocycles. The monoisotopic (exact) mass is 261 g/mol. The second kappa shape index (κ2) is 4.85. The molecule has 3 N–H and O–H groups in total. The number of amides is 1. The molecule has 1 aromatic rings. The molecule has 0 unspecified atom stereocenters. The molecule has 0 bridgehead atoms. The smallest absolute Gasteiger partial charge is 0.256 e. The number of nitrogens with zero attached hydrogens (tertiary/aromatic N) is 1. The second-order valence-electron chi connectivity index (χ2n) is 6.03. The van der Waals surface area contributed by atoms with Crippen molar-refractivity contribution in [3.63, 3.8) is 0 Å². The molecule has 0 saturated heterocycles. The first-order chi connectivity index (χ1) is 8.88. The van der Waals surface area contributed by atoms with Crippen LogP contribution in [-0.2, 0) is 4.79 Å². The topological polar surface area (TPSA) is 58.4 Å². The largest absolute Gasteiger partial charge is 0.354 e. The van der Waals surface area contributed by atoms with E-state index < -0.39 is 0 Å². The van der Waals surface area contributed by atoms with Crippen molar-refractivity contribution >= 4 is 11.6 Å². The first-order valence-electron chi connectivity index (χ1n) is 6.77. The van der Waals surface area contributed by atoms with Gasteiger partial charge in [0.25, 0.3) is 5.91 Å². The quantitative estimate of drug-likeness (QED) is 0.487. The van der Waals surface area contributed by atoms with Crippen molar-refractivity contribution < 1.29 is 4.79 Å². The number of benzene rings is 1. The van der Waals surface area contributed by atoms with E-state index in [0.717, 1.165) is 12.1 Å². The van der Waals surface area contributed by atoms with Gasteiger partial charge < -0.3 is 4.90 Å². The Morgan fingerprint density at radius 2 is 2.11 bits per heavy atom. The van der Waals surface area contributed by atoms with Crippen LogP contribution in [0.4, 0.5) is 5.69 Å². The van der Waals surface area contributed by atoms with E-state index in [4.69, 9.17) is 5.84 Å². The summed E-state index contributed by atoms with van der Waals surface area (Å²) in [6.07, 6.45) is 1.02. The fourth-order valence-corrected chi connectivity index (χ4v) is 3.38. The molecule has 1 aliphatic heterocycles. The summed E-state index contributed by atoms with van der Waals surface area (Å²) in [5, 5.41) is 0. The number of hydrogen-bond donors (Lipinski definition) is 2. The van der Waals surface area contributed by atoms with Gasteiger partial charge in [-0.1, -0.05) is 25.1 Å². The lowest BCUT2D eigenvalue weighted by Crippen LogP contribution is -2.58. The molecule has 0 saturated carbocycles. The third-order valence-corrected chi connectivity index (χ3v) is 4.09. The standard InChI is InChI=1S/C15H23N3O/c1-10-9-15(3,4)18(11(2)14(19)17-16)13-8-6-5-7-12(10)13/h5-8,10-11H,9,16H2,1-4H3,(H,17,19)/t10-,11-/m0/s1. The van der Waals surface area contributed by atoms with Gasteiger partial charge in [0, 0.05) is 11.2 Å². The summed E-state index contributed by atoms with van der Waals surface area (Å²) in [5.41, 5.74) is 4.64. The van der Waals surface area contributed by atoms with Gasteiger partial charge >= 0.3 is 0 Å². The highest BCUT2D eigenvalue weighted by atomic mass is 16.2. The van der Waals surface area contributed by atoms with Crippen LogP contribution < -0.4 is 16.2 Å². The molecule has 4 nitrogen and oxygen atoms in total. The predicted molar refractivity (Wildman–Crippen MR) is 77.8 cm³/mol. The highest BCUT2D eigenvalue weighted by Crippen LogP contribution is 2.44. The number of nitrogens with two attached hydrogens (primary N) is 1. The van der Waals surface area contributed by atoms with Crippen molar-refractivity contribution in [2.24, 2.45) is 5.84 Å². The molecule has 1 amide bonds. The van der Waals surface area contributed by atoms with Crippen molar-refractivity contribution in [3.05, 3.63) is 29.8 Å². The Morgan fingerprint density at radius 1 is 1.47 bits per heavy atom. The highest BCUT2D eigenvalue weighted by Gasteiger charge is 2.40. The Labute approximate surface area is 114 Å². The van der Waals surface area contributed by atoms with Crippen LogP contribution in [0.25, 0.3) is 0 Å². The molecular formula is C15H23N3O. The molecule has 0 spiro atoms. The van der Waals surface area contributed by atoms with Crippen LogP contribution in [0.3, 0.4) is 0 Å². The maximum atomic E-state index is 11.9. The number of carbonyl (C=O) groups excluding carboxylic acids is 1. The first-order valence-corrected chi connectivity index (χ1v) is 6.77. The zero-order valence-electron chi connectivity index (χ0n) is 12.1. The van der Waals surface area contributed by atoms with E-state index in [1.165, 1.54) is 5.56 Å². The lowest BCUT2D eigenvalue weighted by Gasteiger charge is -2.49. The number of para-hydroxylation sites is 1. The predicted octanol–water partition coefficient (Wildman–Crippen LogP) is 2.16. The van der Waals surface area contributed by atoms with Gasteiger partial charge in [0.15, 0.2) is 0 Å². The minimum atomic E-state index is -0.284. The lowest BCUT2D eigenvalue weighted by atomic mass is 9.79. The Hall–Kier alpha value is -1.55. The van der Waals surface area contributed by atoms with Crippen LogP contribution in [0.1, 0.15) is 45.6 Å². The maximum Gasteiger partial charge on any atom is 0.256 e. The molecule has 2 atom stereocenters. The summed E-state index contributed by atoms with van der Waals surface area (Å²) in [6.45, 7) is 8.50. The fraction of sp³-hybridized carbons (Fsp3) is 0.533. The molecule has 1 heterocycles. The van der Waals surface area contributed by atoms with Crippen LogP contribution >= 0.6 is 0 Å². The Bertz CT molecular complexity index is 484. The average molecular weight is 261 g/mol. The zero-order chi connectivity index (χ0) is 14.2. The summed E-state index contributed by atoms with van der Waals surface area (Å²) in [7, 11) is 0. The number of fused-ring (bicyclic) bond motifs is 1. The number of rotatable bonds is 2. The van der Waals surface area contributed by atoms with Crippen molar-refractivity contribution in [2.75, 3.05) is 4.90 Å². The van der Waals surface area contributed by atoms with Gasteiger partial charge in [0.05, 0.1) is 0 Å². The van der Waals surface area contributed by atoms with Gasteiger partial charge in [0.2, 0.25) is 0 Å². The van der Waals surface area contributed by atoms with Crippen LogP contribution in [0.5, 0.6) is 0 Å². The average Bonchev–Trinajstić information content (AvgIpc) is 2.36. The third kappa shape index (κ3) is 2.32. The third-order valence-electron chi connectivity index (χ3n) is 4.09. The summed E-state index contributed by atoms with van der Waals surface area (Å²) >= 11 is 0. The van der Waals surface area contributed by atoms with E-state index >= 15 is 0 Å². The van der Waals surface area contributed by atoms with E-state index in [9.17, 15) is 4.79 Å². The van der Waals surface area contributed by atoms with Gasteiger partial charge in [-0.25, -0.2) is 5.84 Å². The van der Waals surface area contributed by atoms with Crippen molar-refractivity contribution in [1.29, 1.82) is 0 Å². The maximum absolute atomic E-state index is 11.9. The minimum absolute atomic E-state index is 0.0697. The minimum Gasteiger partial charge on any atom is -0.354 e. The number of anilines is 1. The van der Waals surface area contributed by atoms with Crippen molar-refractivity contribution in [2.45, 2.75) is 51.6 Å². The molecule has 1 aliphatic rings. The Morgan fingerprint density at radius 3 is 2.74 bits per heavy atom. The molecule has 0 aliphatic carbocycles. The van der Waals surface area contributed by atoms with E-state index in [1.54, 1.807) is 0 Å². The SMILES string of the molecule is C[C@H]1CC(C)(C)N([C@@H](C)C(=O)NN)c2ccccc21. The molecule has 2 rings (SSSR count). The fourth-order valence-electron chi connectivity index (χ4n) is 3.38. The van der Waals surface area contributed by atoms with E-state index in [1.807, 2.05) is 13.0 Å².